The quantitative estimate of drug-likeness (QED) is 0.530. The number of hydrogen-bond donors (Lipinski definition) is 2. The van der Waals surface area contributed by atoms with Gasteiger partial charge in [0.2, 0.25) is 0 Å². The topological polar surface area (TPSA) is 77.8 Å². The lowest BCUT2D eigenvalue weighted by molar-refractivity contribution is -0.137. The maximum absolute atomic E-state index is 14.0. The van der Waals surface area contributed by atoms with Crippen LogP contribution in [-0.2, 0) is 6.18 Å². The number of anilines is 2. The predicted molar refractivity (Wildman–Crippen MR) is 78.8 cm³/mol. The molecule has 0 aliphatic carbocycles. The van der Waals surface area contributed by atoms with Gasteiger partial charge in [0.25, 0.3) is 0 Å². The van der Waals surface area contributed by atoms with Crippen molar-refractivity contribution < 1.29 is 17.6 Å². The fourth-order valence-electron chi connectivity index (χ4n) is 2.19. The molecule has 0 unspecified atom stereocenters. The van der Waals surface area contributed by atoms with Crippen LogP contribution in [0.5, 0.6) is 0 Å². The van der Waals surface area contributed by atoms with Crippen molar-refractivity contribution in [2.24, 2.45) is 0 Å². The number of halogens is 4. The Morgan fingerprint density at radius 3 is 2.39 bits per heavy atom. The Morgan fingerprint density at radius 1 is 0.957 bits per heavy atom. The number of hydrogen-bond acceptors (Lipinski definition) is 4. The maximum atomic E-state index is 14.0. The van der Waals surface area contributed by atoms with E-state index in [1.54, 1.807) is 18.2 Å². The van der Waals surface area contributed by atoms with Crippen molar-refractivity contribution in [3.05, 3.63) is 47.8 Å². The lowest BCUT2D eigenvalue weighted by Gasteiger charge is -2.11. The van der Waals surface area contributed by atoms with E-state index in [0.29, 0.717) is 17.5 Å². The van der Waals surface area contributed by atoms with Gasteiger partial charge in [-0.3, -0.25) is 0 Å². The van der Waals surface area contributed by atoms with Crippen LogP contribution in [0.15, 0.2) is 36.4 Å². The van der Waals surface area contributed by atoms with Gasteiger partial charge in [0.05, 0.1) is 22.3 Å². The van der Waals surface area contributed by atoms with Crippen LogP contribution in [0.25, 0.3) is 22.3 Å². The molecular weight excluding hydrogens is 312 g/mol. The highest BCUT2D eigenvalue weighted by Gasteiger charge is 2.31. The first-order valence-electron chi connectivity index (χ1n) is 6.46. The van der Waals surface area contributed by atoms with E-state index in [0.717, 1.165) is 6.07 Å². The molecule has 3 rings (SSSR count). The molecule has 0 bridgehead atoms. The molecule has 0 amide bonds. The summed E-state index contributed by atoms with van der Waals surface area (Å²) in [6, 6.07) is 6.83. The van der Waals surface area contributed by atoms with Gasteiger partial charge in [0.1, 0.15) is 11.6 Å². The Balaban J connectivity index is 2.27. The molecule has 4 nitrogen and oxygen atoms in total. The van der Waals surface area contributed by atoms with Crippen LogP contribution in [0, 0.1) is 5.82 Å². The fourth-order valence-corrected chi connectivity index (χ4v) is 2.19. The van der Waals surface area contributed by atoms with Gasteiger partial charge in [-0.2, -0.15) is 13.2 Å². The van der Waals surface area contributed by atoms with E-state index in [2.05, 4.69) is 9.97 Å². The highest BCUT2D eigenvalue weighted by Crippen LogP contribution is 2.34. The lowest BCUT2D eigenvalue weighted by atomic mass is 10.1. The van der Waals surface area contributed by atoms with Crippen molar-refractivity contribution in [1.29, 1.82) is 0 Å². The summed E-state index contributed by atoms with van der Waals surface area (Å²) in [5.41, 5.74) is 10.7. The smallest absolute Gasteiger partial charge is 0.397 e. The Morgan fingerprint density at radius 2 is 1.70 bits per heavy atom. The normalized spacial score (nSPS) is 11.8. The summed E-state index contributed by atoms with van der Waals surface area (Å²) >= 11 is 0. The summed E-state index contributed by atoms with van der Waals surface area (Å²) < 4.78 is 52.4. The molecule has 4 N–H and O–H groups in total. The Kier molecular flexibility index (Phi) is 3.32. The number of nitrogens with two attached hydrogens (primary N) is 2. The summed E-state index contributed by atoms with van der Waals surface area (Å²) in [5.74, 6) is -1.13. The molecule has 1 aromatic heterocycles. The van der Waals surface area contributed by atoms with Crippen LogP contribution in [-0.4, -0.2) is 9.97 Å². The predicted octanol–water partition coefficient (Wildman–Crippen LogP) is 3.62. The molecule has 3 aromatic rings. The standard InChI is InChI=1S/C15H10F4N4/c16-10-5-4-7(15(17,18)19)6-9(10)14-22-12-8(13(21)23-14)2-1-3-11(12)20/h1-6H,20H2,(H2,21,22,23). The molecule has 0 fully saturated rings. The highest BCUT2D eigenvalue weighted by atomic mass is 19.4. The van der Waals surface area contributed by atoms with E-state index in [9.17, 15) is 17.6 Å². The third kappa shape index (κ3) is 2.63. The van der Waals surface area contributed by atoms with Crippen molar-refractivity contribution in [1.82, 2.24) is 9.97 Å². The number of para-hydroxylation sites is 1. The second kappa shape index (κ2) is 5.08. The van der Waals surface area contributed by atoms with Crippen molar-refractivity contribution >= 4 is 22.4 Å². The van der Waals surface area contributed by atoms with E-state index in [1.165, 1.54) is 0 Å². The summed E-state index contributed by atoms with van der Waals surface area (Å²) in [4.78, 5) is 7.97. The minimum Gasteiger partial charge on any atom is -0.397 e. The molecule has 118 valence electrons. The van der Waals surface area contributed by atoms with Gasteiger partial charge >= 0.3 is 6.18 Å². The zero-order valence-electron chi connectivity index (χ0n) is 11.5. The highest BCUT2D eigenvalue weighted by molar-refractivity contribution is 5.96. The van der Waals surface area contributed by atoms with Crippen LogP contribution in [0.2, 0.25) is 0 Å². The monoisotopic (exact) mass is 322 g/mol. The summed E-state index contributed by atoms with van der Waals surface area (Å²) in [5, 5.41) is 0.445. The number of nitrogen functional groups attached to an aromatic ring is 2. The number of aromatic nitrogens is 2. The Bertz CT molecular complexity index is 906. The van der Waals surface area contributed by atoms with E-state index in [-0.39, 0.29) is 22.8 Å². The number of alkyl halides is 3. The average Bonchev–Trinajstić information content (AvgIpc) is 2.47. The van der Waals surface area contributed by atoms with Gasteiger partial charge in [0.15, 0.2) is 5.82 Å². The van der Waals surface area contributed by atoms with E-state index in [4.69, 9.17) is 11.5 Å². The molecule has 0 atom stereocenters. The first-order valence-corrected chi connectivity index (χ1v) is 6.46. The van der Waals surface area contributed by atoms with Crippen LogP contribution in [0.4, 0.5) is 29.1 Å². The number of nitrogens with zero attached hydrogens (tertiary/aromatic N) is 2. The number of benzene rings is 2. The summed E-state index contributed by atoms with van der Waals surface area (Å²) in [6.07, 6.45) is -4.61. The lowest BCUT2D eigenvalue weighted by Crippen LogP contribution is -2.06. The zero-order chi connectivity index (χ0) is 16.8. The molecule has 0 radical (unpaired) electrons. The van der Waals surface area contributed by atoms with Gasteiger partial charge in [-0.25, -0.2) is 14.4 Å². The van der Waals surface area contributed by atoms with Crippen LogP contribution < -0.4 is 11.5 Å². The molecule has 1 heterocycles. The van der Waals surface area contributed by atoms with Gasteiger partial charge in [-0.05, 0) is 30.3 Å². The first kappa shape index (κ1) is 15.0. The van der Waals surface area contributed by atoms with E-state index < -0.39 is 23.1 Å². The van der Waals surface area contributed by atoms with E-state index in [1.807, 2.05) is 0 Å². The van der Waals surface area contributed by atoms with Crippen LogP contribution >= 0.6 is 0 Å². The minimum absolute atomic E-state index is 0.00844. The first-order chi connectivity index (χ1) is 10.8. The van der Waals surface area contributed by atoms with Gasteiger partial charge in [0, 0.05) is 5.39 Å². The van der Waals surface area contributed by atoms with Crippen molar-refractivity contribution in [3.8, 4) is 11.4 Å². The van der Waals surface area contributed by atoms with Gasteiger partial charge < -0.3 is 11.5 Å². The molecule has 23 heavy (non-hydrogen) atoms. The summed E-state index contributed by atoms with van der Waals surface area (Å²) in [6.45, 7) is 0. The van der Waals surface area contributed by atoms with Crippen molar-refractivity contribution in [3.63, 3.8) is 0 Å². The SMILES string of the molecule is Nc1nc(-c2cc(C(F)(F)F)ccc2F)nc2c(N)cccc12. The molecular formula is C15H10F4N4. The number of fused-ring (bicyclic) bond motifs is 1. The molecule has 0 saturated carbocycles. The molecule has 0 aliphatic heterocycles. The van der Waals surface area contributed by atoms with Gasteiger partial charge in [-0.15, -0.1) is 0 Å². The van der Waals surface area contributed by atoms with Gasteiger partial charge in [-0.1, -0.05) is 6.07 Å². The fraction of sp³-hybridized carbons (Fsp3) is 0.0667. The second-order valence-electron chi connectivity index (χ2n) is 4.87. The van der Waals surface area contributed by atoms with Crippen molar-refractivity contribution in [2.75, 3.05) is 11.5 Å². The Hall–Kier alpha value is -2.90. The molecule has 0 aliphatic rings. The number of rotatable bonds is 1. The third-order valence-corrected chi connectivity index (χ3v) is 3.32. The molecule has 0 saturated heterocycles. The average molecular weight is 322 g/mol. The summed E-state index contributed by atoms with van der Waals surface area (Å²) in [7, 11) is 0. The molecule has 0 spiro atoms. The molecule has 8 heteroatoms. The van der Waals surface area contributed by atoms with Crippen molar-refractivity contribution in [2.45, 2.75) is 6.18 Å². The van der Waals surface area contributed by atoms with E-state index >= 15 is 0 Å². The molecule has 2 aromatic carbocycles. The zero-order valence-corrected chi connectivity index (χ0v) is 11.5. The third-order valence-electron chi connectivity index (χ3n) is 3.32. The van der Waals surface area contributed by atoms with Crippen LogP contribution in [0.1, 0.15) is 5.56 Å². The maximum Gasteiger partial charge on any atom is 0.416 e. The van der Waals surface area contributed by atoms with Crippen LogP contribution in [0.3, 0.4) is 0 Å². The second-order valence-corrected chi connectivity index (χ2v) is 4.87. The minimum atomic E-state index is -4.61. The Labute approximate surface area is 127 Å². The largest absolute Gasteiger partial charge is 0.416 e.